The highest BCUT2D eigenvalue weighted by molar-refractivity contribution is 7.11. The number of carboxylic acids is 1. The molecular weight excluding hydrogens is 286 g/mol. The zero-order valence-electron chi connectivity index (χ0n) is 10.2. The van der Waals surface area contributed by atoms with Crippen LogP contribution in [-0.4, -0.2) is 16.1 Å². The van der Waals surface area contributed by atoms with Gasteiger partial charge >= 0.3 is 5.97 Å². The highest BCUT2D eigenvalue weighted by Crippen LogP contribution is 2.23. The number of halogens is 1. The molecule has 0 unspecified atom stereocenters. The largest absolute Gasteiger partial charge is 0.486 e. The molecule has 2 aromatic rings. The van der Waals surface area contributed by atoms with Crippen LogP contribution in [0.2, 0.25) is 5.02 Å². The Balaban J connectivity index is 1.98. The van der Waals surface area contributed by atoms with Crippen LogP contribution in [0.25, 0.3) is 0 Å². The summed E-state index contributed by atoms with van der Waals surface area (Å²) >= 11 is 7.21. The quantitative estimate of drug-likeness (QED) is 0.920. The zero-order valence-corrected chi connectivity index (χ0v) is 11.8. The molecule has 0 atom stereocenters. The monoisotopic (exact) mass is 297 g/mol. The van der Waals surface area contributed by atoms with Gasteiger partial charge in [-0.3, -0.25) is 4.79 Å². The molecule has 4 nitrogen and oxygen atoms in total. The molecule has 6 heteroatoms. The van der Waals surface area contributed by atoms with Crippen LogP contribution in [0.4, 0.5) is 0 Å². The summed E-state index contributed by atoms with van der Waals surface area (Å²) in [6.07, 6.45) is 1.57. The van der Waals surface area contributed by atoms with Gasteiger partial charge in [-0.2, -0.15) is 0 Å². The summed E-state index contributed by atoms with van der Waals surface area (Å²) in [4.78, 5) is 15.4. The molecule has 0 aliphatic rings. The fourth-order valence-electron chi connectivity index (χ4n) is 1.56. The van der Waals surface area contributed by atoms with Crippen LogP contribution >= 0.6 is 22.9 Å². The minimum absolute atomic E-state index is 0.00234. The van der Waals surface area contributed by atoms with Gasteiger partial charge in [0, 0.05) is 16.1 Å². The number of rotatable bonds is 5. The van der Waals surface area contributed by atoms with Crippen molar-refractivity contribution in [2.24, 2.45) is 0 Å². The van der Waals surface area contributed by atoms with Crippen molar-refractivity contribution in [1.82, 2.24) is 4.98 Å². The van der Waals surface area contributed by atoms with Crippen LogP contribution in [0, 0.1) is 6.92 Å². The fourth-order valence-corrected chi connectivity index (χ4v) is 2.61. The second kappa shape index (κ2) is 6.04. The lowest BCUT2D eigenvalue weighted by atomic mass is 10.2. The molecule has 0 fully saturated rings. The summed E-state index contributed by atoms with van der Waals surface area (Å²) in [6, 6.07) is 5.40. The average molecular weight is 298 g/mol. The third kappa shape index (κ3) is 3.94. The van der Waals surface area contributed by atoms with E-state index in [2.05, 4.69) is 4.98 Å². The predicted molar refractivity (Wildman–Crippen MR) is 74.0 cm³/mol. The molecule has 0 amide bonds. The first-order valence-electron chi connectivity index (χ1n) is 5.59. The van der Waals surface area contributed by atoms with E-state index in [4.69, 9.17) is 21.4 Å². The van der Waals surface area contributed by atoms with E-state index in [0.29, 0.717) is 11.6 Å². The van der Waals surface area contributed by atoms with E-state index in [1.807, 2.05) is 19.1 Å². The highest BCUT2D eigenvalue weighted by atomic mass is 35.5. The third-order valence-electron chi connectivity index (χ3n) is 2.42. The van der Waals surface area contributed by atoms with Crippen LogP contribution < -0.4 is 4.74 Å². The Kier molecular flexibility index (Phi) is 4.39. The van der Waals surface area contributed by atoms with Gasteiger partial charge in [0.1, 0.15) is 17.4 Å². The number of aliphatic carboxylic acids is 1. The van der Waals surface area contributed by atoms with Crippen molar-refractivity contribution in [3.05, 3.63) is 44.9 Å². The maximum atomic E-state index is 10.6. The van der Waals surface area contributed by atoms with Crippen molar-refractivity contribution in [1.29, 1.82) is 0 Å². The van der Waals surface area contributed by atoms with Crippen LogP contribution in [0.15, 0.2) is 24.4 Å². The van der Waals surface area contributed by atoms with E-state index in [1.54, 1.807) is 12.3 Å². The Bertz CT molecular complexity index is 597. The van der Waals surface area contributed by atoms with Gasteiger partial charge in [0.2, 0.25) is 0 Å². The van der Waals surface area contributed by atoms with E-state index >= 15 is 0 Å². The number of hydrogen-bond acceptors (Lipinski definition) is 4. The number of benzene rings is 1. The summed E-state index contributed by atoms with van der Waals surface area (Å²) < 4.78 is 5.64. The molecule has 1 aromatic heterocycles. The Hall–Kier alpha value is -1.59. The first kappa shape index (κ1) is 13.8. The molecule has 1 heterocycles. The number of carbonyl (C=O) groups is 1. The third-order valence-corrected chi connectivity index (χ3v) is 3.62. The maximum absolute atomic E-state index is 10.6. The Morgan fingerprint density at radius 3 is 3.00 bits per heavy atom. The molecule has 19 heavy (non-hydrogen) atoms. The Morgan fingerprint density at radius 1 is 1.53 bits per heavy atom. The molecule has 100 valence electrons. The Morgan fingerprint density at radius 2 is 2.32 bits per heavy atom. The van der Waals surface area contributed by atoms with Crippen molar-refractivity contribution in [3.8, 4) is 5.75 Å². The van der Waals surface area contributed by atoms with Crippen molar-refractivity contribution in [2.75, 3.05) is 0 Å². The zero-order chi connectivity index (χ0) is 13.8. The van der Waals surface area contributed by atoms with Gasteiger partial charge in [0.15, 0.2) is 0 Å². The summed E-state index contributed by atoms with van der Waals surface area (Å²) in [5.41, 5.74) is 0.954. The lowest BCUT2D eigenvalue weighted by molar-refractivity contribution is -0.136. The van der Waals surface area contributed by atoms with Gasteiger partial charge in [-0.05, 0) is 30.7 Å². The minimum Gasteiger partial charge on any atom is -0.486 e. The number of carboxylic acid groups (broad SMARTS) is 1. The second-order valence-electron chi connectivity index (χ2n) is 3.99. The summed E-state index contributed by atoms with van der Waals surface area (Å²) in [5.74, 6) is -0.107. The van der Waals surface area contributed by atoms with Crippen molar-refractivity contribution < 1.29 is 14.6 Å². The predicted octanol–water partition coefficient (Wildman–Crippen LogP) is 3.31. The van der Waals surface area contributed by atoms with Crippen molar-refractivity contribution >= 4 is 28.9 Å². The summed E-state index contributed by atoms with van der Waals surface area (Å²) in [7, 11) is 0. The second-order valence-corrected chi connectivity index (χ2v) is 5.63. The number of aromatic nitrogens is 1. The smallest absolute Gasteiger partial charge is 0.308 e. The van der Waals surface area contributed by atoms with Gasteiger partial charge in [0.25, 0.3) is 0 Å². The average Bonchev–Trinajstić information content (AvgIpc) is 2.74. The molecule has 1 N–H and O–H groups in total. The Labute approximate surface area is 119 Å². The van der Waals surface area contributed by atoms with E-state index in [0.717, 1.165) is 21.2 Å². The minimum atomic E-state index is -0.857. The SMILES string of the molecule is Cc1cc(Cl)ccc1OCc1ncc(CC(=O)O)s1. The molecular formula is C13H12ClNO3S. The lowest BCUT2D eigenvalue weighted by Crippen LogP contribution is -1.97. The van der Waals surface area contributed by atoms with Crippen LogP contribution in [0.1, 0.15) is 15.4 Å². The van der Waals surface area contributed by atoms with Crippen molar-refractivity contribution in [3.63, 3.8) is 0 Å². The normalized spacial score (nSPS) is 10.4. The molecule has 2 rings (SSSR count). The number of ether oxygens (including phenoxy) is 1. The lowest BCUT2D eigenvalue weighted by Gasteiger charge is -2.07. The van der Waals surface area contributed by atoms with Gasteiger partial charge in [0.05, 0.1) is 6.42 Å². The molecule has 0 saturated heterocycles. The molecule has 0 saturated carbocycles. The molecule has 0 aliphatic carbocycles. The summed E-state index contributed by atoms with van der Waals surface area (Å²) in [5, 5.41) is 10.1. The molecule has 0 aliphatic heterocycles. The molecule has 0 bridgehead atoms. The van der Waals surface area contributed by atoms with Gasteiger partial charge in [-0.15, -0.1) is 11.3 Å². The molecule has 0 spiro atoms. The van der Waals surface area contributed by atoms with Crippen LogP contribution in [-0.2, 0) is 17.8 Å². The van der Waals surface area contributed by atoms with Gasteiger partial charge in [-0.1, -0.05) is 11.6 Å². The van der Waals surface area contributed by atoms with Crippen LogP contribution in [0.5, 0.6) is 5.75 Å². The number of thiazole rings is 1. The standard InChI is InChI=1S/C13H12ClNO3S/c1-8-4-9(14)2-3-11(8)18-7-12-15-6-10(19-12)5-13(16)17/h2-4,6H,5,7H2,1H3,(H,16,17). The van der Waals surface area contributed by atoms with Crippen molar-refractivity contribution in [2.45, 2.75) is 20.0 Å². The molecule has 1 aromatic carbocycles. The van der Waals surface area contributed by atoms with E-state index in [9.17, 15) is 4.79 Å². The number of aryl methyl sites for hydroxylation is 1. The first-order valence-corrected chi connectivity index (χ1v) is 6.78. The van der Waals surface area contributed by atoms with E-state index < -0.39 is 5.97 Å². The van der Waals surface area contributed by atoms with Gasteiger partial charge < -0.3 is 9.84 Å². The highest BCUT2D eigenvalue weighted by Gasteiger charge is 2.07. The number of nitrogens with zero attached hydrogens (tertiary/aromatic N) is 1. The number of hydrogen-bond donors (Lipinski definition) is 1. The molecule has 0 radical (unpaired) electrons. The van der Waals surface area contributed by atoms with E-state index in [-0.39, 0.29) is 6.42 Å². The summed E-state index contributed by atoms with van der Waals surface area (Å²) in [6.45, 7) is 2.24. The fraction of sp³-hybridized carbons (Fsp3) is 0.231. The maximum Gasteiger partial charge on any atom is 0.308 e. The first-order chi connectivity index (χ1) is 9.04. The van der Waals surface area contributed by atoms with Crippen LogP contribution in [0.3, 0.4) is 0 Å². The van der Waals surface area contributed by atoms with Gasteiger partial charge in [-0.25, -0.2) is 4.98 Å². The topological polar surface area (TPSA) is 59.4 Å². The van der Waals surface area contributed by atoms with E-state index in [1.165, 1.54) is 11.3 Å².